The summed E-state index contributed by atoms with van der Waals surface area (Å²) in [6.07, 6.45) is 2.09. The molecule has 1 saturated heterocycles. The van der Waals surface area contributed by atoms with E-state index in [2.05, 4.69) is 6.92 Å². The standard InChI is InChI=1S/C15H21NO3/c1-2-11-9-18-14(11)8-13(16)10-19-15(17)12-6-4-3-5-7-12/h3-7,11,13-14H,2,8-10,16H2,1H3/t11?,13-,14+/m0/s1. The lowest BCUT2D eigenvalue weighted by atomic mass is 9.90. The molecule has 1 aliphatic heterocycles. The molecule has 0 aliphatic carbocycles. The Labute approximate surface area is 113 Å². The average molecular weight is 263 g/mol. The molecule has 1 aliphatic rings. The van der Waals surface area contributed by atoms with Crippen LogP contribution in [-0.4, -0.2) is 31.3 Å². The maximum absolute atomic E-state index is 11.7. The van der Waals surface area contributed by atoms with E-state index >= 15 is 0 Å². The van der Waals surface area contributed by atoms with Crippen molar-refractivity contribution in [3.05, 3.63) is 35.9 Å². The Morgan fingerprint density at radius 3 is 2.79 bits per heavy atom. The van der Waals surface area contributed by atoms with Gasteiger partial charge in [-0.1, -0.05) is 25.1 Å². The van der Waals surface area contributed by atoms with Gasteiger partial charge in [-0.3, -0.25) is 0 Å². The van der Waals surface area contributed by atoms with E-state index in [-0.39, 0.29) is 24.7 Å². The Hall–Kier alpha value is -1.39. The Balaban J connectivity index is 1.72. The van der Waals surface area contributed by atoms with Crippen molar-refractivity contribution in [2.24, 2.45) is 11.7 Å². The molecule has 2 N–H and O–H groups in total. The lowest BCUT2D eigenvalue weighted by molar-refractivity contribution is -0.122. The van der Waals surface area contributed by atoms with Crippen LogP contribution in [0.1, 0.15) is 30.1 Å². The monoisotopic (exact) mass is 263 g/mol. The minimum atomic E-state index is -0.322. The lowest BCUT2D eigenvalue weighted by Crippen LogP contribution is -2.44. The van der Waals surface area contributed by atoms with Crippen LogP contribution in [0.25, 0.3) is 0 Å². The van der Waals surface area contributed by atoms with Gasteiger partial charge in [0.15, 0.2) is 0 Å². The summed E-state index contributed by atoms with van der Waals surface area (Å²) < 4.78 is 10.7. The van der Waals surface area contributed by atoms with Gasteiger partial charge in [0.2, 0.25) is 0 Å². The fourth-order valence-electron chi connectivity index (χ4n) is 2.22. The number of hydrogen-bond acceptors (Lipinski definition) is 4. The second-order valence-electron chi connectivity index (χ2n) is 5.00. The SMILES string of the molecule is CCC1CO[C@@H]1C[C@H](N)COC(=O)c1ccccc1. The first-order valence-corrected chi connectivity index (χ1v) is 6.80. The zero-order valence-corrected chi connectivity index (χ0v) is 11.2. The van der Waals surface area contributed by atoms with Crippen LogP contribution in [0.3, 0.4) is 0 Å². The minimum Gasteiger partial charge on any atom is -0.460 e. The van der Waals surface area contributed by atoms with E-state index in [0.29, 0.717) is 11.5 Å². The molecule has 3 atom stereocenters. The van der Waals surface area contributed by atoms with Crippen molar-refractivity contribution in [3.8, 4) is 0 Å². The molecule has 0 bridgehead atoms. The van der Waals surface area contributed by atoms with Gasteiger partial charge in [-0.25, -0.2) is 4.79 Å². The number of hydrogen-bond donors (Lipinski definition) is 1. The summed E-state index contributed by atoms with van der Waals surface area (Å²) in [6, 6.07) is 8.79. The normalized spacial score (nSPS) is 23.5. The van der Waals surface area contributed by atoms with Crippen LogP contribution < -0.4 is 5.73 Å². The molecule has 4 nitrogen and oxygen atoms in total. The van der Waals surface area contributed by atoms with Gasteiger partial charge >= 0.3 is 5.97 Å². The number of nitrogens with two attached hydrogens (primary N) is 1. The van der Waals surface area contributed by atoms with Gasteiger partial charge < -0.3 is 15.2 Å². The maximum atomic E-state index is 11.7. The molecular weight excluding hydrogens is 242 g/mol. The fourth-order valence-corrected chi connectivity index (χ4v) is 2.22. The predicted octanol–water partition coefficient (Wildman–Crippen LogP) is 1.99. The summed E-state index contributed by atoms with van der Waals surface area (Å²) in [5.41, 5.74) is 6.53. The Morgan fingerprint density at radius 2 is 2.21 bits per heavy atom. The molecule has 0 aromatic heterocycles. The fraction of sp³-hybridized carbons (Fsp3) is 0.533. The number of benzene rings is 1. The highest BCUT2D eigenvalue weighted by molar-refractivity contribution is 5.89. The Bertz CT molecular complexity index is 405. The number of esters is 1. The third kappa shape index (κ3) is 3.78. The number of carbonyl (C=O) groups excluding carboxylic acids is 1. The van der Waals surface area contributed by atoms with Crippen LogP contribution in [0, 0.1) is 5.92 Å². The third-order valence-electron chi connectivity index (χ3n) is 3.55. The summed E-state index contributed by atoms with van der Waals surface area (Å²) >= 11 is 0. The predicted molar refractivity (Wildman–Crippen MR) is 72.8 cm³/mol. The molecule has 2 rings (SSSR count). The van der Waals surface area contributed by atoms with Gasteiger partial charge in [0.25, 0.3) is 0 Å². The van der Waals surface area contributed by atoms with E-state index in [0.717, 1.165) is 19.4 Å². The van der Waals surface area contributed by atoms with Crippen LogP contribution >= 0.6 is 0 Å². The topological polar surface area (TPSA) is 61.6 Å². The van der Waals surface area contributed by atoms with Gasteiger partial charge in [-0.2, -0.15) is 0 Å². The van der Waals surface area contributed by atoms with Crippen LogP contribution in [0.5, 0.6) is 0 Å². The molecule has 0 amide bonds. The molecular formula is C15H21NO3. The first kappa shape index (κ1) is 14.0. The molecule has 104 valence electrons. The zero-order chi connectivity index (χ0) is 13.7. The second-order valence-corrected chi connectivity index (χ2v) is 5.00. The van der Waals surface area contributed by atoms with Crippen molar-refractivity contribution >= 4 is 5.97 Å². The highest BCUT2D eigenvalue weighted by Gasteiger charge is 2.31. The highest BCUT2D eigenvalue weighted by atomic mass is 16.5. The number of carbonyl (C=O) groups is 1. The molecule has 1 fully saturated rings. The van der Waals surface area contributed by atoms with Gasteiger partial charge in [0.1, 0.15) is 6.61 Å². The lowest BCUT2D eigenvalue weighted by Gasteiger charge is -2.37. The van der Waals surface area contributed by atoms with Crippen LogP contribution in [0.4, 0.5) is 0 Å². The minimum absolute atomic E-state index is 0.160. The number of rotatable bonds is 6. The summed E-state index contributed by atoms with van der Waals surface area (Å²) in [7, 11) is 0. The van der Waals surface area contributed by atoms with Crippen LogP contribution in [0.15, 0.2) is 30.3 Å². The summed E-state index contributed by atoms with van der Waals surface area (Å²) in [5.74, 6) is 0.286. The Morgan fingerprint density at radius 1 is 1.47 bits per heavy atom. The van der Waals surface area contributed by atoms with Crippen molar-refractivity contribution < 1.29 is 14.3 Å². The quantitative estimate of drug-likeness (QED) is 0.797. The molecule has 0 radical (unpaired) electrons. The first-order valence-electron chi connectivity index (χ1n) is 6.80. The van der Waals surface area contributed by atoms with E-state index in [1.54, 1.807) is 12.1 Å². The largest absolute Gasteiger partial charge is 0.460 e. The molecule has 0 saturated carbocycles. The van der Waals surface area contributed by atoms with Crippen molar-refractivity contribution in [2.75, 3.05) is 13.2 Å². The summed E-state index contributed by atoms with van der Waals surface area (Å²) in [4.78, 5) is 11.7. The van der Waals surface area contributed by atoms with Gasteiger partial charge in [0.05, 0.1) is 18.3 Å². The second kappa shape index (κ2) is 6.68. The van der Waals surface area contributed by atoms with Crippen molar-refractivity contribution in [1.82, 2.24) is 0 Å². The van der Waals surface area contributed by atoms with Crippen LogP contribution in [0.2, 0.25) is 0 Å². The van der Waals surface area contributed by atoms with Gasteiger partial charge in [0, 0.05) is 12.0 Å². The van der Waals surface area contributed by atoms with E-state index in [9.17, 15) is 4.79 Å². The average Bonchev–Trinajstić information content (AvgIpc) is 2.42. The van der Waals surface area contributed by atoms with Crippen LogP contribution in [-0.2, 0) is 9.47 Å². The van der Waals surface area contributed by atoms with Crippen molar-refractivity contribution in [3.63, 3.8) is 0 Å². The zero-order valence-electron chi connectivity index (χ0n) is 11.2. The van der Waals surface area contributed by atoms with Gasteiger partial charge in [-0.05, 0) is 25.0 Å². The molecule has 4 heteroatoms. The molecule has 1 aromatic rings. The molecule has 1 aromatic carbocycles. The molecule has 0 spiro atoms. The van der Waals surface area contributed by atoms with Gasteiger partial charge in [-0.15, -0.1) is 0 Å². The summed E-state index contributed by atoms with van der Waals surface area (Å²) in [5, 5.41) is 0. The highest BCUT2D eigenvalue weighted by Crippen LogP contribution is 2.26. The maximum Gasteiger partial charge on any atom is 0.338 e. The van der Waals surface area contributed by atoms with Crippen molar-refractivity contribution in [2.45, 2.75) is 31.9 Å². The molecule has 1 unspecified atom stereocenters. The number of ether oxygens (including phenoxy) is 2. The van der Waals surface area contributed by atoms with E-state index in [4.69, 9.17) is 15.2 Å². The third-order valence-corrected chi connectivity index (χ3v) is 3.55. The first-order chi connectivity index (χ1) is 9.20. The van der Waals surface area contributed by atoms with Crippen molar-refractivity contribution in [1.29, 1.82) is 0 Å². The Kier molecular flexibility index (Phi) is 4.93. The molecule has 19 heavy (non-hydrogen) atoms. The smallest absolute Gasteiger partial charge is 0.338 e. The molecule has 1 heterocycles. The van der Waals surface area contributed by atoms with E-state index < -0.39 is 0 Å². The van der Waals surface area contributed by atoms with E-state index in [1.807, 2.05) is 18.2 Å². The van der Waals surface area contributed by atoms with E-state index in [1.165, 1.54) is 0 Å². The summed E-state index contributed by atoms with van der Waals surface area (Å²) in [6.45, 7) is 3.23.